The zero-order chi connectivity index (χ0) is 13.0. The highest BCUT2D eigenvalue weighted by Gasteiger charge is 2.46. The number of aliphatic hydroxyl groups excluding tert-OH is 1. The lowest BCUT2D eigenvalue weighted by Crippen LogP contribution is -2.29. The third-order valence-corrected chi connectivity index (χ3v) is 3.51. The molecule has 0 saturated heterocycles. The van der Waals surface area contributed by atoms with Gasteiger partial charge in [-0.3, -0.25) is 4.79 Å². The smallest absolute Gasteiger partial charge is 0.323 e. The fraction of sp³-hybridized carbons (Fsp3) is 0.615. The number of fused-ring (bicyclic) bond motifs is 1. The summed E-state index contributed by atoms with van der Waals surface area (Å²) in [6.07, 6.45) is -0.560. The number of aromatic nitrogens is 1. The number of hydrogen-bond acceptors (Lipinski definition) is 3. The lowest BCUT2D eigenvalue weighted by Gasteiger charge is -2.19. The van der Waals surface area contributed by atoms with Gasteiger partial charge in [-0.25, -0.2) is 0 Å². The third-order valence-electron chi connectivity index (χ3n) is 3.51. The summed E-state index contributed by atoms with van der Waals surface area (Å²) in [7, 11) is 0. The highest BCUT2D eigenvalue weighted by atomic mass is 16.5. The van der Waals surface area contributed by atoms with Crippen LogP contribution in [0.4, 0.5) is 0 Å². The van der Waals surface area contributed by atoms with Gasteiger partial charge in [0.15, 0.2) is 5.75 Å². The molecule has 1 N–H and O–H groups in total. The summed E-state index contributed by atoms with van der Waals surface area (Å²) in [5, 5.41) is 9.85. The second kappa shape index (κ2) is 3.60. The molecule has 1 unspecified atom stereocenters. The molecule has 0 aliphatic carbocycles. The summed E-state index contributed by atoms with van der Waals surface area (Å²) in [6.45, 7) is 10.1. The van der Waals surface area contributed by atoms with Crippen LogP contribution in [0.5, 0.6) is 5.75 Å². The minimum Gasteiger partial charge on any atom is -0.424 e. The van der Waals surface area contributed by atoms with Gasteiger partial charge >= 0.3 is 5.97 Å². The molecule has 0 aromatic carbocycles. The fourth-order valence-corrected chi connectivity index (χ4v) is 2.67. The van der Waals surface area contributed by atoms with E-state index in [1.165, 1.54) is 0 Å². The van der Waals surface area contributed by atoms with E-state index in [1.54, 1.807) is 6.92 Å². The Hall–Kier alpha value is -1.29. The zero-order valence-corrected chi connectivity index (χ0v) is 11.0. The van der Waals surface area contributed by atoms with Crippen LogP contribution in [0.15, 0.2) is 0 Å². The maximum absolute atomic E-state index is 11.8. The van der Waals surface area contributed by atoms with Crippen molar-refractivity contribution in [3.63, 3.8) is 0 Å². The average Bonchev–Trinajstić information content (AvgIpc) is 2.63. The highest BCUT2D eigenvalue weighted by Crippen LogP contribution is 2.45. The van der Waals surface area contributed by atoms with Gasteiger partial charge in [-0.05, 0) is 34.6 Å². The summed E-state index contributed by atoms with van der Waals surface area (Å²) in [5.41, 5.74) is 1.97. The molecule has 0 saturated carbocycles. The van der Waals surface area contributed by atoms with Gasteiger partial charge in [0.25, 0.3) is 0 Å². The van der Waals surface area contributed by atoms with Crippen LogP contribution < -0.4 is 4.74 Å². The monoisotopic (exact) mass is 237 g/mol. The van der Waals surface area contributed by atoms with Crippen LogP contribution >= 0.6 is 0 Å². The quantitative estimate of drug-likeness (QED) is 0.801. The van der Waals surface area contributed by atoms with Gasteiger partial charge < -0.3 is 14.4 Å². The lowest BCUT2D eigenvalue weighted by molar-refractivity contribution is -0.137. The maximum Gasteiger partial charge on any atom is 0.323 e. The van der Waals surface area contributed by atoms with Crippen LogP contribution in [0, 0.1) is 6.92 Å². The molecule has 0 radical (unpaired) electrons. The molecule has 0 bridgehead atoms. The van der Waals surface area contributed by atoms with E-state index in [0.29, 0.717) is 5.75 Å². The number of hydrogen-bond donors (Lipinski definition) is 1. The van der Waals surface area contributed by atoms with Gasteiger partial charge in [0, 0.05) is 12.1 Å². The van der Waals surface area contributed by atoms with Crippen LogP contribution in [0.25, 0.3) is 0 Å². The predicted molar refractivity (Wildman–Crippen MR) is 64.1 cm³/mol. The Morgan fingerprint density at radius 1 is 1.47 bits per heavy atom. The molecule has 4 nitrogen and oxygen atoms in total. The van der Waals surface area contributed by atoms with Crippen LogP contribution in [-0.2, 0) is 16.8 Å². The SMILES string of the molecule is CCn1c(C(C)O)c(C)c2c1C(C)(C)C(=O)O2. The molecule has 94 valence electrons. The number of carbonyl (C=O) groups is 1. The summed E-state index contributed by atoms with van der Waals surface area (Å²) in [5.74, 6) is 0.419. The van der Waals surface area contributed by atoms with Gasteiger partial charge in [-0.1, -0.05) is 0 Å². The Labute approximate surface area is 101 Å². The second-order valence-electron chi connectivity index (χ2n) is 5.12. The first-order chi connectivity index (χ1) is 7.82. The van der Waals surface area contributed by atoms with Crippen molar-refractivity contribution in [3.05, 3.63) is 17.0 Å². The minimum absolute atomic E-state index is 0.218. The molecule has 17 heavy (non-hydrogen) atoms. The summed E-state index contributed by atoms with van der Waals surface area (Å²) in [4.78, 5) is 11.8. The predicted octanol–water partition coefficient (Wildman–Crippen LogP) is 2.07. The number of rotatable bonds is 2. The summed E-state index contributed by atoms with van der Waals surface area (Å²) >= 11 is 0. The largest absolute Gasteiger partial charge is 0.424 e. The Morgan fingerprint density at radius 3 is 2.53 bits per heavy atom. The van der Waals surface area contributed by atoms with Crippen molar-refractivity contribution < 1.29 is 14.6 Å². The number of aliphatic hydroxyl groups is 1. The van der Waals surface area contributed by atoms with Gasteiger partial charge in [-0.2, -0.15) is 0 Å². The zero-order valence-electron chi connectivity index (χ0n) is 11.0. The molecular weight excluding hydrogens is 218 g/mol. The fourth-order valence-electron chi connectivity index (χ4n) is 2.67. The van der Waals surface area contributed by atoms with Crippen molar-refractivity contribution in [3.8, 4) is 5.75 Å². The average molecular weight is 237 g/mol. The summed E-state index contributed by atoms with van der Waals surface area (Å²) in [6, 6.07) is 0. The molecule has 1 aromatic rings. The molecule has 0 fully saturated rings. The van der Waals surface area contributed by atoms with E-state index in [1.807, 2.05) is 32.3 Å². The normalized spacial score (nSPS) is 19.1. The van der Waals surface area contributed by atoms with Crippen molar-refractivity contribution in [2.75, 3.05) is 0 Å². The summed E-state index contributed by atoms with van der Waals surface area (Å²) < 4.78 is 7.36. The Kier molecular flexibility index (Phi) is 2.58. The molecule has 1 atom stereocenters. The van der Waals surface area contributed by atoms with Gasteiger partial charge in [0.05, 0.1) is 17.5 Å². The lowest BCUT2D eigenvalue weighted by atomic mass is 9.91. The van der Waals surface area contributed by atoms with Crippen molar-refractivity contribution >= 4 is 5.97 Å². The molecule has 1 aliphatic heterocycles. The van der Waals surface area contributed by atoms with Gasteiger partial charge in [-0.15, -0.1) is 0 Å². The molecule has 2 rings (SSSR count). The van der Waals surface area contributed by atoms with E-state index in [4.69, 9.17) is 4.74 Å². The van der Waals surface area contributed by atoms with E-state index in [0.717, 1.165) is 23.5 Å². The van der Waals surface area contributed by atoms with E-state index < -0.39 is 11.5 Å². The Morgan fingerprint density at radius 2 is 2.06 bits per heavy atom. The standard InChI is InChI=1S/C13H19NO3/c1-6-14-9(8(3)15)7(2)10-11(14)13(4,5)12(16)17-10/h8,15H,6H2,1-5H3. The number of carbonyl (C=O) groups excluding carboxylic acids is 1. The molecule has 1 aromatic heterocycles. The molecule has 4 heteroatoms. The first kappa shape index (κ1) is 12.2. The Balaban J connectivity index is 2.75. The van der Waals surface area contributed by atoms with Crippen LogP contribution in [0.2, 0.25) is 0 Å². The first-order valence-corrected chi connectivity index (χ1v) is 5.96. The second-order valence-corrected chi connectivity index (χ2v) is 5.12. The van der Waals surface area contributed by atoms with Crippen molar-refractivity contribution in [2.24, 2.45) is 0 Å². The number of nitrogens with zero attached hydrogens (tertiary/aromatic N) is 1. The molecule has 0 amide bonds. The van der Waals surface area contributed by atoms with E-state index in [9.17, 15) is 9.90 Å². The molecule has 1 aliphatic rings. The van der Waals surface area contributed by atoms with Crippen molar-refractivity contribution in [1.29, 1.82) is 0 Å². The number of esters is 1. The highest BCUT2D eigenvalue weighted by molar-refractivity contribution is 5.90. The van der Waals surface area contributed by atoms with E-state index in [-0.39, 0.29) is 5.97 Å². The van der Waals surface area contributed by atoms with E-state index in [2.05, 4.69) is 0 Å². The topological polar surface area (TPSA) is 51.5 Å². The van der Waals surface area contributed by atoms with Gasteiger partial charge in [0.1, 0.15) is 5.41 Å². The maximum atomic E-state index is 11.8. The molecule has 2 heterocycles. The molecule has 0 spiro atoms. The van der Waals surface area contributed by atoms with Crippen molar-refractivity contribution in [1.82, 2.24) is 4.57 Å². The van der Waals surface area contributed by atoms with Crippen LogP contribution in [-0.4, -0.2) is 15.6 Å². The third kappa shape index (κ3) is 1.43. The van der Waals surface area contributed by atoms with Crippen LogP contribution in [0.3, 0.4) is 0 Å². The first-order valence-electron chi connectivity index (χ1n) is 5.96. The Bertz CT molecular complexity index is 483. The number of ether oxygens (including phenoxy) is 1. The van der Waals surface area contributed by atoms with Crippen molar-refractivity contribution in [2.45, 2.75) is 52.7 Å². The van der Waals surface area contributed by atoms with E-state index >= 15 is 0 Å². The molecular formula is C13H19NO3. The van der Waals surface area contributed by atoms with Gasteiger partial charge in [0.2, 0.25) is 0 Å². The van der Waals surface area contributed by atoms with Crippen LogP contribution in [0.1, 0.15) is 50.8 Å². The minimum atomic E-state index is -0.636.